The van der Waals surface area contributed by atoms with E-state index in [1.54, 1.807) is 0 Å². The number of aryl methyl sites for hydroxylation is 2. The lowest BCUT2D eigenvalue weighted by Crippen LogP contribution is -2.52. The average molecular weight is 470 g/mol. The van der Waals surface area contributed by atoms with Crippen molar-refractivity contribution in [3.05, 3.63) is 46.3 Å². The van der Waals surface area contributed by atoms with E-state index in [-0.39, 0.29) is 5.91 Å². The Morgan fingerprint density at radius 3 is 2.59 bits per heavy atom. The maximum absolute atomic E-state index is 12.4. The number of hydrogen-bond acceptors (Lipinski definition) is 5. The number of carbonyl (C=O) groups excluding carboxylic acids is 1. The molecule has 1 unspecified atom stereocenters. The van der Waals surface area contributed by atoms with Gasteiger partial charge in [0.05, 0.1) is 6.61 Å². The molecule has 7 heteroatoms. The van der Waals surface area contributed by atoms with Crippen LogP contribution in [0.15, 0.2) is 18.2 Å². The molecule has 0 saturated carbocycles. The highest BCUT2D eigenvalue weighted by atomic mass is 16.5. The Morgan fingerprint density at radius 2 is 1.94 bits per heavy atom. The first-order valence-electron chi connectivity index (χ1n) is 12.7. The summed E-state index contributed by atoms with van der Waals surface area (Å²) in [5.74, 6) is 1.40. The van der Waals surface area contributed by atoms with E-state index in [0.717, 1.165) is 57.1 Å². The van der Waals surface area contributed by atoms with Crippen molar-refractivity contribution in [2.75, 3.05) is 46.9 Å². The minimum absolute atomic E-state index is 0.0782. The zero-order chi connectivity index (χ0) is 24.8. The van der Waals surface area contributed by atoms with Crippen LogP contribution >= 0.6 is 0 Å². The molecule has 1 aromatic carbocycles. The number of ether oxygens (including phenoxy) is 1. The molecule has 1 fully saturated rings. The van der Waals surface area contributed by atoms with Crippen molar-refractivity contribution in [3.63, 3.8) is 0 Å². The Bertz CT molecular complexity index is 962. The molecule has 3 rings (SSSR count). The molecule has 1 aliphatic heterocycles. The number of rotatable bonds is 12. The van der Waals surface area contributed by atoms with Crippen molar-refractivity contribution in [3.8, 4) is 5.75 Å². The van der Waals surface area contributed by atoms with Crippen LogP contribution in [-0.2, 0) is 6.54 Å². The molecular weight excluding hydrogens is 426 g/mol. The third-order valence-electron chi connectivity index (χ3n) is 7.08. The average Bonchev–Trinajstić information content (AvgIpc) is 3.15. The molecule has 1 N–H and O–H groups in total. The summed E-state index contributed by atoms with van der Waals surface area (Å²) in [6.45, 7) is 16.0. The van der Waals surface area contributed by atoms with Gasteiger partial charge in [0.15, 0.2) is 0 Å². The lowest BCUT2D eigenvalue weighted by atomic mass is 9.91. The number of unbranched alkanes of at least 4 members (excludes halogenated alkanes) is 1. The van der Waals surface area contributed by atoms with Crippen molar-refractivity contribution < 1.29 is 9.53 Å². The van der Waals surface area contributed by atoms with Crippen molar-refractivity contribution >= 4 is 5.91 Å². The fourth-order valence-electron chi connectivity index (χ4n) is 4.66. The Labute approximate surface area is 205 Å². The van der Waals surface area contributed by atoms with E-state index >= 15 is 0 Å². The highest BCUT2D eigenvalue weighted by Crippen LogP contribution is 2.34. The molecule has 0 aliphatic carbocycles. The van der Waals surface area contributed by atoms with Crippen LogP contribution in [0.25, 0.3) is 0 Å². The standard InChI is InChI=1S/C27H43N5O2/c1-8-32-19(2)15-25(29-32)27(33)28-16-23-17-31(18-23)22(5)24-11-12-26(21(4)20(24)3)34-14-10-9-13-30(6)7/h11-12,15,22-23H,8-10,13-14,16-18H2,1-7H3,(H,28,33). The number of carbonyl (C=O) groups is 1. The Kier molecular flexibility index (Phi) is 9.14. The van der Waals surface area contributed by atoms with Crippen molar-refractivity contribution in [1.29, 1.82) is 0 Å². The summed E-state index contributed by atoms with van der Waals surface area (Å²) in [5, 5.41) is 7.44. The molecule has 34 heavy (non-hydrogen) atoms. The zero-order valence-corrected chi connectivity index (χ0v) is 22.1. The molecule has 1 aliphatic rings. The van der Waals surface area contributed by atoms with Gasteiger partial charge in [0.1, 0.15) is 11.4 Å². The summed E-state index contributed by atoms with van der Waals surface area (Å²) in [5.41, 5.74) is 5.44. The van der Waals surface area contributed by atoms with Crippen LogP contribution in [0.2, 0.25) is 0 Å². The zero-order valence-electron chi connectivity index (χ0n) is 22.1. The second-order valence-electron chi connectivity index (χ2n) is 9.95. The summed E-state index contributed by atoms with van der Waals surface area (Å²) in [6.07, 6.45) is 2.22. The maximum Gasteiger partial charge on any atom is 0.271 e. The number of hydrogen-bond donors (Lipinski definition) is 1. The molecule has 188 valence electrons. The van der Waals surface area contributed by atoms with E-state index in [2.05, 4.69) is 67.2 Å². The molecule has 1 amide bonds. The van der Waals surface area contributed by atoms with Gasteiger partial charge in [-0.3, -0.25) is 14.4 Å². The van der Waals surface area contributed by atoms with Gasteiger partial charge in [-0.2, -0.15) is 5.10 Å². The minimum Gasteiger partial charge on any atom is -0.493 e. The van der Waals surface area contributed by atoms with Crippen molar-refractivity contribution in [2.24, 2.45) is 5.92 Å². The number of benzene rings is 1. The van der Waals surface area contributed by atoms with Gasteiger partial charge < -0.3 is 15.0 Å². The maximum atomic E-state index is 12.4. The number of amides is 1. The van der Waals surface area contributed by atoms with Gasteiger partial charge in [0.25, 0.3) is 5.91 Å². The molecule has 0 spiro atoms. The smallest absolute Gasteiger partial charge is 0.271 e. The summed E-state index contributed by atoms with van der Waals surface area (Å²) in [4.78, 5) is 17.1. The van der Waals surface area contributed by atoms with Gasteiger partial charge in [-0.15, -0.1) is 0 Å². The predicted octanol–water partition coefficient (Wildman–Crippen LogP) is 3.97. The van der Waals surface area contributed by atoms with E-state index < -0.39 is 0 Å². The van der Waals surface area contributed by atoms with E-state index in [0.29, 0.717) is 24.2 Å². The minimum atomic E-state index is -0.0782. The quantitative estimate of drug-likeness (QED) is 0.477. The Balaban J connectivity index is 1.46. The lowest BCUT2D eigenvalue weighted by Gasteiger charge is -2.44. The van der Waals surface area contributed by atoms with Crippen LogP contribution in [-0.4, -0.2) is 72.4 Å². The molecular formula is C27H43N5O2. The molecule has 2 heterocycles. The van der Waals surface area contributed by atoms with Crippen LogP contribution in [0, 0.1) is 26.7 Å². The van der Waals surface area contributed by atoms with Gasteiger partial charge >= 0.3 is 0 Å². The number of nitrogens with one attached hydrogen (secondary N) is 1. The van der Waals surface area contributed by atoms with Crippen LogP contribution in [0.1, 0.15) is 65.6 Å². The van der Waals surface area contributed by atoms with Gasteiger partial charge in [-0.05, 0) is 96.9 Å². The van der Waals surface area contributed by atoms with E-state index in [1.165, 1.54) is 16.7 Å². The van der Waals surface area contributed by atoms with Crippen LogP contribution in [0.5, 0.6) is 5.75 Å². The molecule has 1 aromatic heterocycles. The highest BCUT2D eigenvalue weighted by Gasteiger charge is 2.32. The molecule has 1 atom stereocenters. The molecule has 7 nitrogen and oxygen atoms in total. The van der Waals surface area contributed by atoms with E-state index in [9.17, 15) is 4.79 Å². The second kappa shape index (κ2) is 11.8. The number of aromatic nitrogens is 2. The van der Waals surface area contributed by atoms with Crippen LogP contribution in [0.3, 0.4) is 0 Å². The van der Waals surface area contributed by atoms with Gasteiger partial charge in [0.2, 0.25) is 0 Å². The van der Waals surface area contributed by atoms with Gasteiger partial charge in [0, 0.05) is 43.8 Å². The van der Waals surface area contributed by atoms with Crippen LogP contribution < -0.4 is 10.1 Å². The topological polar surface area (TPSA) is 62.6 Å². The van der Waals surface area contributed by atoms with E-state index in [4.69, 9.17) is 4.74 Å². The fraction of sp³-hybridized carbons (Fsp3) is 0.630. The first-order chi connectivity index (χ1) is 16.2. The SMILES string of the molecule is CCn1nc(C(=O)NCC2CN(C(C)c3ccc(OCCCCN(C)C)c(C)c3C)C2)cc1C. The largest absolute Gasteiger partial charge is 0.493 e. The summed E-state index contributed by atoms with van der Waals surface area (Å²) in [7, 11) is 4.21. The lowest BCUT2D eigenvalue weighted by molar-refractivity contribution is 0.0568. The molecule has 2 aromatic rings. The van der Waals surface area contributed by atoms with Gasteiger partial charge in [-0.25, -0.2) is 0 Å². The third kappa shape index (κ3) is 6.39. The summed E-state index contributed by atoms with van der Waals surface area (Å²) >= 11 is 0. The first kappa shape index (κ1) is 26.2. The van der Waals surface area contributed by atoms with E-state index in [1.807, 2.05) is 24.6 Å². The predicted molar refractivity (Wildman–Crippen MR) is 138 cm³/mol. The normalized spacial score (nSPS) is 15.4. The Hall–Kier alpha value is -2.38. The molecule has 0 radical (unpaired) electrons. The molecule has 1 saturated heterocycles. The Morgan fingerprint density at radius 1 is 1.21 bits per heavy atom. The second-order valence-corrected chi connectivity index (χ2v) is 9.95. The fourth-order valence-corrected chi connectivity index (χ4v) is 4.66. The van der Waals surface area contributed by atoms with Crippen molar-refractivity contribution in [2.45, 2.75) is 60.0 Å². The van der Waals surface area contributed by atoms with Crippen LogP contribution in [0.4, 0.5) is 0 Å². The molecule has 0 bridgehead atoms. The highest BCUT2D eigenvalue weighted by molar-refractivity contribution is 5.92. The monoisotopic (exact) mass is 469 g/mol. The third-order valence-corrected chi connectivity index (χ3v) is 7.08. The number of nitrogens with zero attached hydrogens (tertiary/aromatic N) is 4. The number of likely N-dealkylation sites (tertiary alicyclic amines) is 1. The van der Waals surface area contributed by atoms with Gasteiger partial charge in [-0.1, -0.05) is 6.07 Å². The first-order valence-corrected chi connectivity index (χ1v) is 12.7. The summed E-state index contributed by atoms with van der Waals surface area (Å²) in [6, 6.07) is 6.57. The summed E-state index contributed by atoms with van der Waals surface area (Å²) < 4.78 is 7.93. The van der Waals surface area contributed by atoms with Crippen molar-refractivity contribution in [1.82, 2.24) is 24.9 Å².